The molecule has 0 spiro atoms. The smallest absolute Gasteiger partial charge is 0.223 e. The van der Waals surface area contributed by atoms with Crippen molar-refractivity contribution >= 4 is 17.8 Å². The molecule has 2 unspecified atom stereocenters. The average Bonchev–Trinajstić information content (AvgIpc) is 3.42. The predicted molar refractivity (Wildman–Crippen MR) is 275 cm³/mol. The van der Waals surface area contributed by atoms with E-state index >= 15 is 0 Å². The van der Waals surface area contributed by atoms with Gasteiger partial charge in [0.2, 0.25) is 17.8 Å². The number of nitrogens with zero attached hydrogens (tertiary/aromatic N) is 6. The van der Waals surface area contributed by atoms with Crippen LogP contribution in [0.2, 0.25) is 0 Å². The molecule has 360 valence electrons. The van der Waals surface area contributed by atoms with Gasteiger partial charge >= 0.3 is 0 Å². The molecule has 3 heterocycles. The number of anilines is 3. The van der Waals surface area contributed by atoms with Crippen LogP contribution in [0.3, 0.4) is 0 Å². The average molecular weight is 938 g/mol. The van der Waals surface area contributed by atoms with E-state index in [2.05, 4.69) is 81.4 Å². The molecule has 5 N–H and O–H groups in total. The van der Waals surface area contributed by atoms with Crippen molar-refractivity contribution in [1.82, 2.24) is 29.9 Å². The first kappa shape index (κ1) is 50.7. The van der Waals surface area contributed by atoms with Crippen molar-refractivity contribution in [2.75, 3.05) is 36.8 Å². The van der Waals surface area contributed by atoms with Crippen LogP contribution in [0.1, 0.15) is 104 Å². The molecular formula is C57H63N9O4. The maximum atomic E-state index is 9.51. The molecule has 13 nitrogen and oxygen atoms in total. The first-order chi connectivity index (χ1) is 34.4. The normalized spacial score (nSPS) is 21.3. The number of rotatable bonds is 9. The Kier molecular flexibility index (Phi) is 20.1. The molecule has 0 aliphatic heterocycles. The summed E-state index contributed by atoms with van der Waals surface area (Å²) in [6.45, 7) is 0.304. The molecule has 13 heteroatoms. The number of hydrogen-bond acceptors (Lipinski definition) is 13. The van der Waals surface area contributed by atoms with Gasteiger partial charge in [-0.15, -0.1) is 0 Å². The predicted octanol–water partition coefficient (Wildman–Crippen LogP) is 8.30. The lowest BCUT2D eigenvalue weighted by Crippen LogP contribution is -2.48. The fourth-order valence-corrected chi connectivity index (χ4v) is 8.46. The molecule has 3 fully saturated rings. The Morgan fingerprint density at radius 3 is 1.11 bits per heavy atom. The van der Waals surface area contributed by atoms with E-state index in [1.165, 1.54) is 0 Å². The Balaban J connectivity index is 0.000000155. The molecule has 6 aromatic rings. The number of hydrogen-bond donors (Lipinski definition) is 5. The lowest BCUT2D eigenvalue weighted by Gasteiger charge is -2.36. The number of aliphatic hydroxyl groups is 2. The summed E-state index contributed by atoms with van der Waals surface area (Å²) in [7, 11) is 3.47. The van der Waals surface area contributed by atoms with Crippen LogP contribution in [0, 0.1) is 41.4 Å². The zero-order valence-electron chi connectivity index (χ0n) is 40.0. The van der Waals surface area contributed by atoms with E-state index < -0.39 is 0 Å². The lowest BCUT2D eigenvalue weighted by atomic mass is 9.87. The van der Waals surface area contributed by atoms with Crippen molar-refractivity contribution < 1.29 is 19.7 Å². The highest BCUT2D eigenvalue weighted by Crippen LogP contribution is 2.27. The second-order valence-corrected chi connectivity index (χ2v) is 17.6. The standard InChI is InChI=1S/C20H23N3O2.C19H21N3O.C18H19N3O/c1-24-17-9-6-10-18(25-2)19(17)23-20-21-13-16(14-22-20)12-11-15-7-4-3-5-8-15;23-14-16-8-10-18(11-9-16)22-19-20-12-17(13-21-19)7-6-15-4-2-1-3-5-15;22-17-10-8-16(9-11-17)21-18-19-12-15(13-20-18)7-6-14-4-2-1-3-5-14/h3-5,7-8,13-14,17-19H,6,9-10H2,1-2H3,(H,21,22,23);1-5,12-13,16,18,23H,8-11,14H2,(H,20,21,22);1-5,12-13,16-17,22H,8-11H2,(H,19,20,21). The van der Waals surface area contributed by atoms with Gasteiger partial charge in [0.15, 0.2) is 0 Å². The Labute approximate surface area is 412 Å². The second-order valence-electron chi connectivity index (χ2n) is 17.6. The Morgan fingerprint density at radius 2 is 0.771 bits per heavy atom. The molecule has 3 aromatic heterocycles. The largest absolute Gasteiger partial charge is 0.396 e. The van der Waals surface area contributed by atoms with Crippen molar-refractivity contribution in [3.63, 3.8) is 0 Å². The van der Waals surface area contributed by atoms with Crippen LogP contribution in [0.15, 0.2) is 128 Å². The molecule has 3 aliphatic carbocycles. The highest BCUT2D eigenvalue weighted by molar-refractivity contribution is 5.44. The van der Waals surface area contributed by atoms with Crippen molar-refractivity contribution in [3.05, 3.63) is 162 Å². The first-order valence-electron chi connectivity index (χ1n) is 24.2. The third-order valence-corrected chi connectivity index (χ3v) is 12.5. The van der Waals surface area contributed by atoms with E-state index in [-0.39, 0.29) is 24.4 Å². The number of methoxy groups -OCH3 is 2. The summed E-state index contributed by atoms with van der Waals surface area (Å²) < 4.78 is 11.2. The van der Waals surface area contributed by atoms with E-state index in [0.717, 1.165) is 104 Å². The molecular weight excluding hydrogens is 875 g/mol. The van der Waals surface area contributed by atoms with Crippen molar-refractivity contribution in [1.29, 1.82) is 0 Å². The quantitative estimate of drug-likeness (QED) is 0.0878. The van der Waals surface area contributed by atoms with Gasteiger partial charge in [-0.1, -0.05) is 90.1 Å². The van der Waals surface area contributed by atoms with E-state index in [0.29, 0.717) is 42.5 Å². The van der Waals surface area contributed by atoms with Gasteiger partial charge in [-0.05, 0) is 113 Å². The molecule has 9 rings (SSSR count). The molecule has 0 bridgehead atoms. The summed E-state index contributed by atoms with van der Waals surface area (Å²) in [6, 6.07) is 30.4. The molecule has 0 saturated heterocycles. The van der Waals surface area contributed by atoms with Gasteiger partial charge in [0.25, 0.3) is 0 Å². The van der Waals surface area contributed by atoms with Crippen LogP contribution < -0.4 is 16.0 Å². The summed E-state index contributed by atoms with van der Waals surface area (Å²) >= 11 is 0. The number of aromatic nitrogens is 6. The zero-order valence-corrected chi connectivity index (χ0v) is 40.0. The molecule has 2 atom stereocenters. The van der Waals surface area contributed by atoms with Gasteiger partial charge in [-0.2, -0.15) is 0 Å². The number of aliphatic hydroxyl groups excluding tert-OH is 2. The van der Waals surface area contributed by atoms with E-state index in [9.17, 15) is 10.2 Å². The van der Waals surface area contributed by atoms with Crippen LogP contribution >= 0.6 is 0 Å². The Morgan fingerprint density at radius 1 is 0.443 bits per heavy atom. The van der Waals surface area contributed by atoms with Gasteiger partial charge in [-0.3, -0.25) is 0 Å². The van der Waals surface area contributed by atoms with Crippen LogP contribution in [0.4, 0.5) is 17.8 Å². The van der Waals surface area contributed by atoms with Crippen LogP contribution in [0.25, 0.3) is 0 Å². The highest BCUT2D eigenvalue weighted by Gasteiger charge is 2.34. The summed E-state index contributed by atoms with van der Waals surface area (Å²) in [4.78, 5) is 26.1. The molecule has 0 radical (unpaired) electrons. The number of nitrogens with one attached hydrogen (secondary N) is 3. The van der Waals surface area contributed by atoms with Gasteiger partial charge in [0.1, 0.15) is 0 Å². The van der Waals surface area contributed by atoms with Crippen molar-refractivity contribution in [2.45, 2.75) is 107 Å². The third-order valence-electron chi connectivity index (χ3n) is 12.5. The lowest BCUT2D eigenvalue weighted by molar-refractivity contribution is -0.0213. The molecule has 3 saturated carbocycles. The van der Waals surface area contributed by atoms with Gasteiger partial charge in [-0.25, -0.2) is 29.9 Å². The SMILES string of the molecule is COC1CCCC(OC)C1Nc1ncc(C#Cc2ccccc2)cn1.OC1CCC(Nc2ncc(C#Cc3ccccc3)cn2)CC1.OCC1CCC(Nc2ncc(C#Cc3ccccc3)cn2)CC1. The molecule has 70 heavy (non-hydrogen) atoms. The first-order valence-corrected chi connectivity index (χ1v) is 24.2. The Bertz CT molecular complexity index is 2620. The van der Waals surface area contributed by atoms with Crippen molar-refractivity contribution in [2.24, 2.45) is 5.92 Å². The minimum absolute atomic E-state index is 0.0463. The summed E-state index contributed by atoms with van der Waals surface area (Å²) in [5, 5.41) is 28.7. The third kappa shape index (κ3) is 16.8. The topological polar surface area (TPSA) is 172 Å². The maximum absolute atomic E-state index is 9.51. The van der Waals surface area contributed by atoms with Gasteiger partial charge in [0, 0.05) is 86.8 Å². The van der Waals surface area contributed by atoms with Crippen LogP contribution in [-0.4, -0.2) is 97.4 Å². The highest BCUT2D eigenvalue weighted by atomic mass is 16.5. The minimum Gasteiger partial charge on any atom is -0.396 e. The zero-order chi connectivity index (χ0) is 48.6. The molecule has 3 aromatic carbocycles. The monoisotopic (exact) mass is 938 g/mol. The fraction of sp³-hybridized carbons (Fsp3) is 0.368. The Hall–Kier alpha value is -7.18. The maximum Gasteiger partial charge on any atom is 0.223 e. The van der Waals surface area contributed by atoms with Gasteiger partial charge in [0.05, 0.1) is 41.0 Å². The van der Waals surface area contributed by atoms with Crippen LogP contribution in [-0.2, 0) is 9.47 Å². The van der Waals surface area contributed by atoms with Gasteiger partial charge < -0.3 is 35.6 Å². The second kappa shape index (κ2) is 27.7. The molecule has 0 amide bonds. The minimum atomic E-state index is -0.144. The number of benzene rings is 3. The van der Waals surface area contributed by atoms with E-state index in [1.54, 1.807) is 51.4 Å². The van der Waals surface area contributed by atoms with Crippen molar-refractivity contribution in [3.8, 4) is 35.5 Å². The fourth-order valence-electron chi connectivity index (χ4n) is 8.46. The number of ether oxygens (including phenoxy) is 2. The summed E-state index contributed by atoms with van der Waals surface area (Å²) in [5.74, 6) is 20.8. The summed E-state index contributed by atoms with van der Waals surface area (Å²) in [6.07, 6.45) is 21.5. The van der Waals surface area contributed by atoms with Crippen LogP contribution in [0.5, 0.6) is 0 Å². The van der Waals surface area contributed by atoms with E-state index in [1.807, 2.05) is 91.0 Å². The molecule has 3 aliphatic rings. The van der Waals surface area contributed by atoms with E-state index in [4.69, 9.17) is 9.47 Å². The summed E-state index contributed by atoms with van der Waals surface area (Å²) in [5.41, 5.74) is 5.32.